The summed E-state index contributed by atoms with van der Waals surface area (Å²) in [6, 6.07) is 5.80. The molecule has 0 nitrogen and oxygen atoms in total. The first kappa shape index (κ1) is 11.0. The Bertz CT molecular complexity index is 421. The second kappa shape index (κ2) is 4.29. The Morgan fingerprint density at radius 2 is 1.75 bits per heavy atom. The number of fused-ring (bicyclic) bond motifs is 2. The van der Waals surface area contributed by atoms with E-state index in [4.69, 9.17) is 23.2 Å². The first-order chi connectivity index (χ1) is 7.70. The molecule has 2 aliphatic rings. The van der Waals surface area contributed by atoms with Crippen molar-refractivity contribution in [2.75, 3.05) is 0 Å². The molecule has 2 bridgehead atoms. The minimum atomic E-state index is 0.713. The van der Waals surface area contributed by atoms with Crippen molar-refractivity contribution in [2.45, 2.75) is 23.0 Å². The zero-order chi connectivity index (χ0) is 11.1. The van der Waals surface area contributed by atoms with Crippen molar-refractivity contribution in [2.24, 2.45) is 11.8 Å². The van der Waals surface area contributed by atoms with Crippen molar-refractivity contribution in [1.29, 1.82) is 0 Å². The second-order valence-electron chi connectivity index (χ2n) is 4.54. The van der Waals surface area contributed by atoms with Crippen LogP contribution in [0.15, 0.2) is 35.2 Å². The highest BCUT2D eigenvalue weighted by Crippen LogP contribution is 2.47. The van der Waals surface area contributed by atoms with Gasteiger partial charge in [0.25, 0.3) is 0 Å². The predicted octanol–water partition coefficient (Wildman–Crippen LogP) is 5.05. The van der Waals surface area contributed by atoms with Crippen molar-refractivity contribution in [3.05, 3.63) is 40.4 Å². The maximum absolute atomic E-state index is 6.00. The fraction of sp³-hybridized carbons (Fsp3) is 0.385. The van der Waals surface area contributed by atoms with E-state index in [2.05, 4.69) is 12.2 Å². The predicted molar refractivity (Wildman–Crippen MR) is 71.5 cm³/mol. The van der Waals surface area contributed by atoms with Gasteiger partial charge in [-0.2, -0.15) is 0 Å². The largest absolute Gasteiger partial charge is 0.122 e. The molecule has 3 atom stereocenters. The van der Waals surface area contributed by atoms with E-state index in [1.54, 1.807) is 6.07 Å². The number of halogens is 2. The molecule has 0 aromatic heterocycles. The SMILES string of the molecule is Clc1cc(Cl)cc(S[C@@H]2C[C@H]3C=C[C@@H]2C3)c1. The van der Waals surface area contributed by atoms with Crippen LogP contribution < -0.4 is 0 Å². The van der Waals surface area contributed by atoms with Crippen molar-refractivity contribution < 1.29 is 0 Å². The molecule has 0 amide bonds. The first-order valence-corrected chi connectivity index (χ1v) is 7.15. The van der Waals surface area contributed by atoms with Crippen molar-refractivity contribution in [1.82, 2.24) is 0 Å². The fourth-order valence-corrected chi connectivity index (χ4v) is 4.75. The summed E-state index contributed by atoms with van der Waals surface area (Å²) in [5.74, 6) is 1.57. The summed E-state index contributed by atoms with van der Waals surface area (Å²) in [6.45, 7) is 0. The minimum absolute atomic E-state index is 0.713. The molecule has 0 N–H and O–H groups in total. The zero-order valence-electron chi connectivity index (χ0n) is 8.70. The summed E-state index contributed by atoms with van der Waals surface area (Å²) in [7, 11) is 0. The molecule has 0 unspecified atom stereocenters. The molecule has 1 fully saturated rings. The third-order valence-electron chi connectivity index (χ3n) is 3.34. The van der Waals surface area contributed by atoms with Gasteiger partial charge in [-0.05, 0) is 42.9 Å². The van der Waals surface area contributed by atoms with Crippen molar-refractivity contribution >= 4 is 35.0 Å². The van der Waals surface area contributed by atoms with Crippen LogP contribution in [0.1, 0.15) is 12.8 Å². The standard InChI is InChI=1S/C13H12Cl2S/c14-10-5-11(15)7-12(6-10)16-13-4-8-1-2-9(13)3-8/h1-2,5-9,13H,3-4H2/t8-,9+,13+/m0/s1. The quantitative estimate of drug-likeness (QED) is 0.678. The number of rotatable bonds is 2. The van der Waals surface area contributed by atoms with E-state index < -0.39 is 0 Å². The molecule has 0 spiro atoms. The van der Waals surface area contributed by atoms with E-state index in [1.165, 1.54) is 17.7 Å². The van der Waals surface area contributed by atoms with Gasteiger partial charge in [0.05, 0.1) is 0 Å². The van der Waals surface area contributed by atoms with Gasteiger partial charge in [0, 0.05) is 20.2 Å². The van der Waals surface area contributed by atoms with Gasteiger partial charge in [0.2, 0.25) is 0 Å². The smallest absolute Gasteiger partial charge is 0.0431 e. The van der Waals surface area contributed by atoms with Crippen LogP contribution >= 0.6 is 35.0 Å². The molecule has 0 aliphatic heterocycles. The van der Waals surface area contributed by atoms with Crippen LogP contribution in [-0.4, -0.2) is 5.25 Å². The Morgan fingerprint density at radius 3 is 2.31 bits per heavy atom. The maximum atomic E-state index is 6.00. The summed E-state index contributed by atoms with van der Waals surface area (Å²) in [5.41, 5.74) is 0. The van der Waals surface area contributed by atoms with Crippen molar-refractivity contribution in [3.63, 3.8) is 0 Å². The number of hydrogen-bond donors (Lipinski definition) is 0. The average molecular weight is 271 g/mol. The number of hydrogen-bond acceptors (Lipinski definition) is 1. The highest BCUT2D eigenvalue weighted by Gasteiger charge is 2.36. The molecule has 3 heteroatoms. The van der Waals surface area contributed by atoms with Crippen LogP contribution in [0.3, 0.4) is 0 Å². The molecular weight excluding hydrogens is 259 g/mol. The van der Waals surface area contributed by atoms with Gasteiger partial charge in [-0.15, -0.1) is 11.8 Å². The minimum Gasteiger partial charge on any atom is -0.122 e. The fourth-order valence-electron chi connectivity index (χ4n) is 2.64. The Kier molecular flexibility index (Phi) is 2.95. The topological polar surface area (TPSA) is 0 Å². The lowest BCUT2D eigenvalue weighted by atomic mass is 10.1. The molecule has 1 saturated carbocycles. The van der Waals surface area contributed by atoms with E-state index in [0.717, 1.165) is 21.9 Å². The maximum Gasteiger partial charge on any atom is 0.0431 e. The number of thioether (sulfide) groups is 1. The molecule has 3 rings (SSSR count). The van der Waals surface area contributed by atoms with Crippen LogP contribution in [-0.2, 0) is 0 Å². The van der Waals surface area contributed by atoms with Gasteiger partial charge in [-0.1, -0.05) is 35.4 Å². The van der Waals surface area contributed by atoms with Crippen LogP contribution in [0.2, 0.25) is 10.0 Å². The van der Waals surface area contributed by atoms with Gasteiger partial charge in [-0.25, -0.2) is 0 Å². The van der Waals surface area contributed by atoms with Crippen LogP contribution in [0.5, 0.6) is 0 Å². The molecule has 0 heterocycles. The van der Waals surface area contributed by atoms with Gasteiger partial charge < -0.3 is 0 Å². The van der Waals surface area contributed by atoms with Gasteiger partial charge >= 0.3 is 0 Å². The molecule has 84 valence electrons. The normalized spacial score (nSPS) is 31.2. The molecule has 0 radical (unpaired) electrons. The first-order valence-electron chi connectivity index (χ1n) is 5.52. The van der Waals surface area contributed by atoms with E-state index in [9.17, 15) is 0 Å². The number of allylic oxidation sites excluding steroid dienone is 2. The van der Waals surface area contributed by atoms with E-state index in [-0.39, 0.29) is 0 Å². The molecule has 16 heavy (non-hydrogen) atoms. The third kappa shape index (κ3) is 2.13. The molecular formula is C13H12Cl2S. The van der Waals surface area contributed by atoms with Crippen LogP contribution in [0, 0.1) is 11.8 Å². The molecule has 1 aromatic carbocycles. The molecule has 1 aromatic rings. The highest BCUT2D eigenvalue weighted by atomic mass is 35.5. The van der Waals surface area contributed by atoms with E-state index in [1.807, 2.05) is 23.9 Å². The van der Waals surface area contributed by atoms with Gasteiger partial charge in [0.15, 0.2) is 0 Å². The van der Waals surface area contributed by atoms with Crippen LogP contribution in [0.25, 0.3) is 0 Å². The summed E-state index contributed by atoms with van der Waals surface area (Å²) in [4.78, 5) is 1.20. The second-order valence-corrected chi connectivity index (χ2v) is 6.73. The lowest BCUT2D eigenvalue weighted by Gasteiger charge is -2.17. The van der Waals surface area contributed by atoms with Gasteiger partial charge in [-0.3, -0.25) is 0 Å². The van der Waals surface area contributed by atoms with E-state index >= 15 is 0 Å². The van der Waals surface area contributed by atoms with E-state index in [0.29, 0.717) is 5.25 Å². The summed E-state index contributed by atoms with van der Waals surface area (Å²) >= 11 is 13.9. The molecule has 2 aliphatic carbocycles. The Hall–Kier alpha value is -0.110. The Balaban J connectivity index is 1.77. The monoisotopic (exact) mass is 270 g/mol. The van der Waals surface area contributed by atoms with Crippen LogP contribution in [0.4, 0.5) is 0 Å². The lowest BCUT2D eigenvalue weighted by molar-refractivity contribution is 0.692. The lowest BCUT2D eigenvalue weighted by Crippen LogP contribution is -2.08. The summed E-state index contributed by atoms with van der Waals surface area (Å²) < 4.78 is 0. The van der Waals surface area contributed by atoms with Gasteiger partial charge in [0.1, 0.15) is 0 Å². The Morgan fingerprint density at radius 1 is 1.00 bits per heavy atom. The molecule has 0 saturated heterocycles. The third-order valence-corrected chi connectivity index (χ3v) is 5.13. The number of benzene rings is 1. The summed E-state index contributed by atoms with van der Waals surface area (Å²) in [5, 5.41) is 2.17. The average Bonchev–Trinajstić information content (AvgIpc) is 2.77. The zero-order valence-corrected chi connectivity index (χ0v) is 11.0. The summed E-state index contributed by atoms with van der Waals surface area (Å²) in [6.07, 6.45) is 7.38. The van der Waals surface area contributed by atoms with Crippen molar-refractivity contribution in [3.8, 4) is 0 Å². The highest BCUT2D eigenvalue weighted by molar-refractivity contribution is 8.00. The Labute approximate surface area is 110 Å².